The molecule has 0 spiro atoms. The molecule has 4 heteroatoms. The third kappa shape index (κ3) is 8.03. The minimum atomic E-state index is -2.06. The third-order valence-corrected chi connectivity index (χ3v) is 12.5. The first-order chi connectivity index (χ1) is 21.8. The highest BCUT2D eigenvalue weighted by Gasteiger charge is 2.35. The molecule has 2 nitrogen and oxygen atoms in total. The summed E-state index contributed by atoms with van der Waals surface area (Å²) in [6.45, 7) is 2.56. The molecular formula is C40H41BN2Si. The van der Waals surface area contributed by atoms with Gasteiger partial charge in [-0.05, 0) is 16.8 Å². The molecule has 1 heterocycles. The lowest BCUT2D eigenvalue weighted by atomic mass is 9.37. The van der Waals surface area contributed by atoms with Gasteiger partial charge in [0.05, 0.1) is 6.33 Å². The molecule has 0 saturated heterocycles. The lowest BCUT2D eigenvalue weighted by Gasteiger charge is -2.30. The zero-order valence-electron chi connectivity index (χ0n) is 25.6. The van der Waals surface area contributed by atoms with Crippen LogP contribution < -0.4 is 26.8 Å². The Morgan fingerprint density at radius 2 is 1.05 bits per heavy atom. The van der Waals surface area contributed by atoms with Crippen molar-refractivity contribution in [1.82, 2.24) is 9.55 Å². The topological polar surface area (TPSA) is 17.8 Å². The smallest absolute Gasteiger partial charge is 0.241 e. The van der Waals surface area contributed by atoms with E-state index in [4.69, 9.17) is 0 Å². The molecule has 6 aromatic rings. The van der Waals surface area contributed by atoms with E-state index in [0.717, 1.165) is 12.6 Å². The lowest BCUT2D eigenvalue weighted by molar-refractivity contribution is 0.814. The second kappa shape index (κ2) is 16.3. The average Bonchev–Trinajstić information content (AvgIpc) is 3.62. The molecule has 0 aliphatic carbocycles. The van der Waals surface area contributed by atoms with E-state index in [9.17, 15) is 0 Å². The number of rotatable bonds is 11. The highest BCUT2D eigenvalue weighted by atomic mass is 28.3. The van der Waals surface area contributed by atoms with Gasteiger partial charge in [-0.3, -0.25) is 0 Å². The Balaban J connectivity index is 0.000000181. The maximum Gasteiger partial charge on any atom is 0.241 e. The zero-order chi connectivity index (χ0) is 30.3. The van der Waals surface area contributed by atoms with Crippen molar-refractivity contribution < 1.29 is 0 Å². The number of benzene rings is 5. The Morgan fingerprint density at radius 1 is 0.614 bits per heavy atom. The summed E-state index contributed by atoms with van der Waals surface area (Å²) in [5.41, 5.74) is 6.53. The molecule has 0 radical (unpaired) electrons. The lowest BCUT2D eigenvalue weighted by Crippen LogP contribution is -2.60. The van der Waals surface area contributed by atoms with Gasteiger partial charge in [0.1, 0.15) is 0 Å². The normalized spacial score (nSPS) is 11.1. The van der Waals surface area contributed by atoms with Gasteiger partial charge < -0.3 is 4.57 Å². The number of imidazole rings is 1. The van der Waals surface area contributed by atoms with Crippen molar-refractivity contribution in [3.8, 4) is 0 Å². The van der Waals surface area contributed by atoms with E-state index >= 15 is 0 Å². The Labute approximate surface area is 264 Å². The Bertz CT molecular complexity index is 1510. The monoisotopic (exact) mass is 588 g/mol. The molecule has 0 saturated carbocycles. The molecule has 0 fully saturated rings. The van der Waals surface area contributed by atoms with Crippen LogP contribution in [0.2, 0.25) is 0 Å². The fourth-order valence-corrected chi connectivity index (χ4v) is 9.95. The van der Waals surface area contributed by atoms with Crippen LogP contribution in [-0.2, 0) is 6.17 Å². The summed E-state index contributed by atoms with van der Waals surface area (Å²) >= 11 is 0. The van der Waals surface area contributed by atoms with Crippen LogP contribution in [-0.4, -0.2) is 24.3 Å². The van der Waals surface area contributed by atoms with Crippen molar-refractivity contribution in [2.75, 3.05) is 0 Å². The van der Waals surface area contributed by atoms with Crippen molar-refractivity contribution in [1.29, 1.82) is 0 Å². The summed E-state index contributed by atoms with van der Waals surface area (Å²) in [6.07, 6.45) is 12.9. The van der Waals surface area contributed by atoms with Crippen LogP contribution in [0.4, 0.5) is 0 Å². The van der Waals surface area contributed by atoms with E-state index in [2.05, 4.69) is 186 Å². The minimum absolute atomic E-state index is 0.309. The number of aromatic nitrogens is 2. The molecule has 6 rings (SSSR count). The average molecular weight is 589 g/mol. The van der Waals surface area contributed by atoms with E-state index in [1.165, 1.54) is 39.6 Å². The van der Waals surface area contributed by atoms with Gasteiger partial charge in [0.15, 0.2) is 8.07 Å². The zero-order valence-corrected chi connectivity index (χ0v) is 26.6. The van der Waals surface area contributed by atoms with Crippen LogP contribution in [0.25, 0.3) is 0 Å². The number of nitrogens with zero attached hydrogens (tertiary/aromatic N) is 2. The quantitative estimate of drug-likeness (QED) is 0.131. The minimum Gasteiger partial charge on any atom is -0.339 e. The maximum atomic E-state index is 4.26. The van der Waals surface area contributed by atoms with Gasteiger partial charge in [0.25, 0.3) is 0 Å². The van der Waals surface area contributed by atoms with Crippen LogP contribution in [0, 0.1) is 0 Å². The molecule has 0 atom stereocenters. The van der Waals surface area contributed by atoms with Crippen LogP contribution in [0.1, 0.15) is 26.2 Å². The van der Waals surface area contributed by atoms with Gasteiger partial charge in [-0.25, -0.2) is 4.98 Å². The SMILES string of the molecule is CCCCC=C[Si](Cn1ccnc1)(c1ccccc1)c1ccccc1.c1ccc(B(c2ccccc2)c2ccccc2)cc1. The fraction of sp³-hybridized carbons (Fsp3) is 0.125. The number of allylic oxidation sites excluding steroid dienone is 1. The first-order valence-electron chi connectivity index (χ1n) is 15.7. The molecule has 0 aliphatic rings. The number of hydrogen-bond donors (Lipinski definition) is 0. The summed E-state index contributed by atoms with van der Waals surface area (Å²) < 4.78 is 2.23. The molecule has 0 bridgehead atoms. The van der Waals surface area contributed by atoms with E-state index < -0.39 is 8.07 Å². The van der Waals surface area contributed by atoms with E-state index in [0.29, 0.717) is 6.71 Å². The Morgan fingerprint density at radius 3 is 1.43 bits per heavy atom. The molecule has 5 aromatic carbocycles. The maximum absolute atomic E-state index is 4.26. The van der Waals surface area contributed by atoms with Crippen molar-refractivity contribution in [2.45, 2.75) is 32.4 Å². The van der Waals surface area contributed by atoms with Gasteiger partial charge in [-0.15, -0.1) is 0 Å². The standard InChI is InChI=1S/C22H26N2Si.C18H15B/c1-2-3-4-11-18-25(20-24-17-16-23-19-24,21-12-7-5-8-13-21)22-14-9-6-10-15-22;1-4-10-16(11-5-1)19(17-12-6-2-7-13-17)18-14-8-3-9-15-18/h5-19H,2-4,20H2,1H3;1-15H. The molecule has 44 heavy (non-hydrogen) atoms. The number of hydrogen-bond acceptors (Lipinski definition) is 1. The van der Waals surface area contributed by atoms with E-state index in [-0.39, 0.29) is 0 Å². The predicted octanol–water partition coefficient (Wildman–Crippen LogP) is 6.17. The summed E-state index contributed by atoms with van der Waals surface area (Å²) in [6, 6.07) is 54.0. The largest absolute Gasteiger partial charge is 0.339 e. The third-order valence-electron chi connectivity index (χ3n) is 8.09. The van der Waals surface area contributed by atoms with Gasteiger partial charge in [0.2, 0.25) is 6.71 Å². The number of unbranched alkanes of at least 4 members (excludes halogenated alkanes) is 2. The van der Waals surface area contributed by atoms with Crippen molar-refractivity contribution in [2.24, 2.45) is 0 Å². The molecule has 1 aromatic heterocycles. The van der Waals surface area contributed by atoms with Gasteiger partial charge in [0, 0.05) is 18.6 Å². The van der Waals surface area contributed by atoms with Crippen LogP contribution in [0.5, 0.6) is 0 Å². The second-order valence-electron chi connectivity index (χ2n) is 11.1. The van der Waals surface area contributed by atoms with Crippen LogP contribution in [0.15, 0.2) is 182 Å². The summed E-state index contributed by atoms with van der Waals surface area (Å²) in [7, 11) is -2.06. The fourth-order valence-electron chi connectivity index (χ4n) is 5.85. The summed E-state index contributed by atoms with van der Waals surface area (Å²) in [4.78, 5) is 4.26. The van der Waals surface area contributed by atoms with Gasteiger partial charge >= 0.3 is 0 Å². The molecule has 218 valence electrons. The summed E-state index contributed by atoms with van der Waals surface area (Å²) in [5, 5.41) is 2.89. The van der Waals surface area contributed by atoms with Gasteiger partial charge in [-0.2, -0.15) is 0 Å². The molecule has 0 N–H and O–H groups in total. The highest BCUT2D eigenvalue weighted by Crippen LogP contribution is 2.13. The molecule has 0 amide bonds. The van der Waals surface area contributed by atoms with Gasteiger partial charge in [-0.1, -0.05) is 200 Å². The van der Waals surface area contributed by atoms with Crippen LogP contribution >= 0.6 is 0 Å². The van der Waals surface area contributed by atoms with Crippen molar-refractivity contribution >= 4 is 41.5 Å². The predicted molar refractivity (Wildman–Crippen MR) is 193 cm³/mol. The van der Waals surface area contributed by atoms with E-state index in [1.54, 1.807) is 0 Å². The molecular weight excluding hydrogens is 547 g/mol. The van der Waals surface area contributed by atoms with Crippen molar-refractivity contribution in [3.63, 3.8) is 0 Å². The first kappa shape index (κ1) is 30.8. The first-order valence-corrected chi connectivity index (χ1v) is 18.0. The second-order valence-corrected chi connectivity index (χ2v) is 14.9. The molecule has 0 aliphatic heterocycles. The molecule has 0 unspecified atom stereocenters. The highest BCUT2D eigenvalue weighted by molar-refractivity contribution is 7.05. The van der Waals surface area contributed by atoms with Crippen molar-refractivity contribution in [3.05, 3.63) is 182 Å². The Hall–Kier alpha value is -4.67. The summed E-state index contributed by atoms with van der Waals surface area (Å²) in [5.74, 6) is 0. The van der Waals surface area contributed by atoms with E-state index in [1.807, 2.05) is 12.5 Å². The van der Waals surface area contributed by atoms with Crippen LogP contribution in [0.3, 0.4) is 0 Å². The Kier molecular flexibility index (Phi) is 11.4.